The average molecular weight is 336 g/mol. The Kier molecular flexibility index (Phi) is 3.75. The first-order valence-electron chi connectivity index (χ1n) is 6.94. The summed E-state index contributed by atoms with van der Waals surface area (Å²) in [7, 11) is 0. The van der Waals surface area contributed by atoms with E-state index in [-0.39, 0.29) is 16.8 Å². The van der Waals surface area contributed by atoms with Crippen LogP contribution in [0.15, 0.2) is 65.4 Å². The fourth-order valence-electron chi connectivity index (χ4n) is 2.84. The predicted octanol–water partition coefficient (Wildman–Crippen LogP) is 3.77. The van der Waals surface area contributed by atoms with Crippen LogP contribution in [0.1, 0.15) is 11.3 Å². The lowest BCUT2D eigenvalue weighted by Gasteiger charge is -2.36. The number of halogens is 3. The summed E-state index contributed by atoms with van der Waals surface area (Å²) >= 11 is 0. The molecule has 1 aromatic carbocycles. The van der Waals surface area contributed by atoms with Crippen molar-refractivity contribution in [1.29, 1.82) is 0 Å². The number of allylic oxidation sites excluding steroid dienone is 2. The molecule has 0 saturated heterocycles. The average Bonchev–Trinajstić information content (AvgIpc) is 3.08. The van der Waals surface area contributed by atoms with Crippen molar-refractivity contribution < 1.29 is 22.6 Å². The number of benzene rings is 1. The van der Waals surface area contributed by atoms with E-state index in [0.717, 1.165) is 12.2 Å². The molecule has 2 aromatic rings. The molecule has 2 atom stereocenters. The van der Waals surface area contributed by atoms with Crippen molar-refractivity contribution in [1.82, 2.24) is 5.16 Å². The van der Waals surface area contributed by atoms with Crippen LogP contribution in [0.4, 0.5) is 13.2 Å². The molecular formula is C16H11F3N2O3. The zero-order valence-corrected chi connectivity index (χ0v) is 12.1. The van der Waals surface area contributed by atoms with Crippen LogP contribution in [-0.4, -0.2) is 22.3 Å². The number of hydrogen-bond acceptors (Lipinski definition) is 4. The summed E-state index contributed by atoms with van der Waals surface area (Å²) < 4.78 is 46.5. The van der Waals surface area contributed by atoms with E-state index in [9.17, 15) is 23.3 Å². The van der Waals surface area contributed by atoms with Gasteiger partial charge in [-0.05, 0) is 5.56 Å². The first-order chi connectivity index (χ1) is 11.4. The zero-order valence-electron chi connectivity index (χ0n) is 12.1. The quantitative estimate of drug-likeness (QED) is 0.632. The first kappa shape index (κ1) is 16.0. The first-order valence-corrected chi connectivity index (χ1v) is 6.94. The van der Waals surface area contributed by atoms with Crippen LogP contribution in [0.5, 0.6) is 0 Å². The highest BCUT2D eigenvalue weighted by atomic mass is 19.4. The maximum absolute atomic E-state index is 13.9. The number of hydrogen-bond donors (Lipinski definition) is 0. The third-order valence-electron chi connectivity index (χ3n) is 4.01. The van der Waals surface area contributed by atoms with E-state index in [1.807, 2.05) is 0 Å². The van der Waals surface area contributed by atoms with Gasteiger partial charge in [0.15, 0.2) is 5.41 Å². The van der Waals surface area contributed by atoms with Crippen LogP contribution < -0.4 is 0 Å². The van der Waals surface area contributed by atoms with E-state index in [1.54, 1.807) is 6.07 Å². The third-order valence-corrected chi connectivity index (χ3v) is 4.01. The van der Waals surface area contributed by atoms with Crippen molar-refractivity contribution in [2.45, 2.75) is 17.6 Å². The maximum atomic E-state index is 13.9. The number of nitrogens with zero attached hydrogens (tertiary/aromatic N) is 2. The Balaban J connectivity index is 2.20. The largest absolute Gasteiger partial charge is 0.408 e. The lowest BCUT2D eigenvalue weighted by molar-refractivity contribution is -0.529. The van der Waals surface area contributed by atoms with Crippen molar-refractivity contribution in [2.75, 3.05) is 0 Å². The minimum atomic E-state index is -4.85. The molecule has 0 N–H and O–H groups in total. The molecule has 8 heteroatoms. The summed E-state index contributed by atoms with van der Waals surface area (Å²) in [4.78, 5) is 10.6. The molecular weight excluding hydrogens is 325 g/mol. The summed E-state index contributed by atoms with van der Waals surface area (Å²) in [5, 5.41) is 15.1. The predicted molar refractivity (Wildman–Crippen MR) is 78.6 cm³/mol. The molecule has 1 heterocycles. The molecule has 0 aliphatic heterocycles. The molecule has 2 unspecified atom stereocenters. The summed E-state index contributed by atoms with van der Waals surface area (Å²) in [6.45, 7) is 0. The molecule has 0 radical (unpaired) electrons. The van der Waals surface area contributed by atoms with Gasteiger partial charge in [0, 0.05) is 22.6 Å². The van der Waals surface area contributed by atoms with Gasteiger partial charge in [-0.2, -0.15) is 13.2 Å². The summed E-state index contributed by atoms with van der Waals surface area (Å²) in [6, 6.07) is 6.28. The Hall–Kier alpha value is -2.90. The van der Waals surface area contributed by atoms with Gasteiger partial charge in [0.25, 0.3) is 6.04 Å². The fourth-order valence-corrected chi connectivity index (χ4v) is 2.84. The second-order valence-corrected chi connectivity index (χ2v) is 5.30. The lowest BCUT2D eigenvalue weighted by atomic mass is 9.70. The van der Waals surface area contributed by atoms with Gasteiger partial charge >= 0.3 is 6.18 Å². The van der Waals surface area contributed by atoms with Crippen LogP contribution in [0.2, 0.25) is 0 Å². The standard InChI is InChI=1S/C16H11F3N2O3/c17-16(18,19)15(12-4-2-1-3-5-12)8-6-11(10-14(15)21(22)23)13-7-9-24-20-13/h1-10,14H. The van der Waals surface area contributed by atoms with Gasteiger partial charge in [-0.3, -0.25) is 10.1 Å². The Bertz CT molecular complexity index is 798. The Labute approximate surface area is 134 Å². The molecule has 0 saturated carbocycles. The van der Waals surface area contributed by atoms with Crippen LogP contribution >= 0.6 is 0 Å². The van der Waals surface area contributed by atoms with E-state index in [0.29, 0.717) is 0 Å². The zero-order chi connectivity index (χ0) is 17.4. The van der Waals surface area contributed by atoms with E-state index in [4.69, 9.17) is 0 Å². The molecule has 24 heavy (non-hydrogen) atoms. The molecule has 1 aromatic heterocycles. The normalized spacial score (nSPS) is 23.8. The highest BCUT2D eigenvalue weighted by Gasteiger charge is 2.64. The number of aromatic nitrogens is 1. The fraction of sp³-hybridized carbons (Fsp3) is 0.188. The maximum Gasteiger partial charge on any atom is 0.408 e. The SMILES string of the molecule is O=[N+]([O-])C1C=C(c2ccon2)C=CC1(c1ccccc1)C(F)(F)F. The van der Waals surface area contributed by atoms with Gasteiger partial charge in [-0.25, -0.2) is 0 Å². The lowest BCUT2D eigenvalue weighted by Crippen LogP contribution is -2.53. The van der Waals surface area contributed by atoms with Gasteiger partial charge < -0.3 is 4.52 Å². The summed E-state index contributed by atoms with van der Waals surface area (Å²) in [5.74, 6) is 0. The van der Waals surface area contributed by atoms with Crippen LogP contribution in [-0.2, 0) is 5.41 Å². The summed E-state index contributed by atoms with van der Waals surface area (Å²) in [6.07, 6.45) is -0.612. The van der Waals surface area contributed by atoms with E-state index < -0.39 is 22.6 Å². The molecule has 1 aliphatic rings. The topological polar surface area (TPSA) is 69.2 Å². The molecule has 0 fully saturated rings. The highest BCUT2D eigenvalue weighted by molar-refractivity contribution is 5.74. The molecule has 1 aliphatic carbocycles. The third kappa shape index (κ3) is 2.40. The minimum absolute atomic E-state index is 0.189. The van der Waals surface area contributed by atoms with E-state index >= 15 is 0 Å². The molecule has 0 amide bonds. The molecule has 0 bridgehead atoms. The van der Waals surface area contributed by atoms with Crippen molar-refractivity contribution in [3.8, 4) is 0 Å². The second-order valence-electron chi connectivity index (χ2n) is 5.30. The smallest absolute Gasteiger partial charge is 0.364 e. The summed E-state index contributed by atoms with van der Waals surface area (Å²) in [5.41, 5.74) is -2.49. The number of alkyl halides is 3. The highest BCUT2D eigenvalue weighted by Crippen LogP contribution is 2.49. The van der Waals surface area contributed by atoms with Crippen molar-refractivity contribution in [3.63, 3.8) is 0 Å². The van der Waals surface area contributed by atoms with Crippen molar-refractivity contribution in [3.05, 3.63) is 82.3 Å². The Morgan fingerprint density at radius 1 is 1.21 bits per heavy atom. The van der Waals surface area contributed by atoms with Gasteiger partial charge in [0.05, 0.1) is 0 Å². The van der Waals surface area contributed by atoms with Gasteiger partial charge in [0.1, 0.15) is 12.0 Å². The van der Waals surface area contributed by atoms with E-state index in [2.05, 4.69) is 9.68 Å². The second kappa shape index (κ2) is 5.63. The van der Waals surface area contributed by atoms with Crippen LogP contribution in [0.25, 0.3) is 5.57 Å². The number of nitro groups is 1. The van der Waals surface area contributed by atoms with Gasteiger partial charge in [0.2, 0.25) is 0 Å². The molecule has 5 nitrogen and oxygen atoms in total. The minimum Gasteiger partial charge on any atom is -0.364 e. The monoisotopic (exact) mass is 336 g/mol. The Morgan fingerprint density at radius 2 is 1.92 bits per heavy atom. The van der Waals surface area contributed by atoms with Crippen LogP contribution in [0.3, 0.4) is 0 Å². The molecule has 3 rings (SSSR count). The van der Waals surface area contributed by atoms with Gasteiger partial charge in [-0.15, -0.1) is 0 Å². The van der Waals surface area contributed by atoms with Crippen LogP contribution in [0, 0.1) is 10.1 Å². The van der Waals surface area contributed by atoms with Gasteiger partial charge in [-0.1, -0.05) is 47.6 Å². The molecule has 124 valence electrons. The number of rotatable bonds is 3. The Morgan fingerprint density at radius 3 is 2.46 bits per heavy atom. The van der Waals surface area contributed by atoms with E-state index in [1.165, 1.54) is 42.7 Å². The van der Waals surface area contributed by atoms with Crippen molar-refractivity contribution in [2.24, 2.45) is 0 Å². The molecule has 0 spiro atoms. The van der Waals surface area contributed by atoms with Crippen molar-refractivity contribution >= 4 is 5.57 Å².